The average molecular weight is 279 g/mol. The number of carbonyl (C=O) groups excluding carboxylic acids is 1. The van der Waals surface area contributed by atoms with Gasteiger partial charge < -0.3 is 10.6 Å². The van der Waals surface area contributed by atoms with Gasteiger partial charge in [0.1, 0.15) is 0 Å². The lowest BCUT2D eigenvalue weighted by molar-refractivity contribution is 0.0752. The highest BCUT2D eigenvalue weighted by atomic mass is 16.2. The largest absolute Gasteiger partial charge is 0.399 e. The summed E-state index contributed by atoms with van der Waals surface area (Å²) in [6.45, 7) is 3.09. The number of rotatable bonds is 4. The van der Waals surface area contributed by atoms with Gasteiger partial charge in [0.05, 0.1) is 11.6 Å². The molecule has 0 aliphatic carbocycles. The third kappa shape index (κ3) is 3.61. The second-order valence-electron chi connectivity index (χ2n) is 4.75. The Labute approximate surface area is 124 Å². The van der Waals surface area contributed by atoms with Crippen LogP contribution in [0.5, 0.6) is 0 Å². The van der Waals surface area contributed by atoms with Crippen LogP contribution in [0.1, 0.15) is 28.4 Å². The molecular formula is C17H17N3O. The van der Waals surface area contributed by atoms with E-state index in [9.17, 15) is 4.79 Å². The summed E-state index contributed by atoms with van der Waals surface area (Å²) in [5, 5.41) is 8.78. The van der Waals surface area contributed by atoms with Gasteiger partial charge >= 0.3 is 0 Å². The second-order valence-corrected chi connectivity index (χ2v) is 4.75. The van der Waals surface area contributed by atoms with Gasteiger partial charge in [-0.3, -0.25) is 4.79 Å². The van der Waals surface area contributed by atoms with Crippen LogP contribution in [0.25, 0.3) is 0 Å². The number of hydrogen-bond acceptors (Lipinski definition) is 3. The van der Waals surface area contributed by atoms with Crippen LogP contribution in [0.4, 0.5) is 5.69 Å². The maximum absolute atomic E-state index is 12.5. The number of nitrogen functional groups attached to an aromatic ring is 1. The quantitative estimate of drug-likeness (QED) is 0.875. The van der Waals surface area contributed by atoms with E-state index >= 15 is 0 Å². The number of carbonyl (C=O) groups is 1. The predicted molar refractivity (Wildman–Crippen MR) is 82.4 cm³/mol. The second kappa shape index (κ2) is 6.58. The number of nitrogens with zero attached hydrogens (tertiary/aromatic N) is 2. The topological polar surface area (TPSA) is 70.1 Å². The van der Waals surface area contributed by atoms with Crippen LogP contribution in [-0.4, -0.2) is 17.4 Å². The molecule has 4 heteroatoms. The molecule has 0 saturated heterocycles. The van der Waals surface area contributed by atoms with Gasteiger partial charge in [-0.15, -0.1) is 0 Å². The van der Waals surface area contributed by atoms with Crippen molar-refractivity contribution in [1.29, 1.82) is 5.26 Å². The number of benzene rings is 2. The fourth-order valence-corrected chi connectivity index (χ4v) is 2.04. The predicted octanol–water partition coefficient (Wildman–Crippen LogP) is 2.80. The summed E-state index contributed by atoms with van der Waals surface area (Å²) < 4.78 is 0. The average Bonchev–Trinajstić information content (AvgIpc) is 2.54. The smallest absolute Gasteiger partial charge is 0.254 e. The number of hydrogen-bond donors (Lipinski definition) is 1. The van der Waals surface area contributed by atoms with E-state index in [-0.39, 0.29) is 5.91 Å². The molecule has 106 valence electrons. The summed E-state index contributed by atoms with van der Waals surface area (Å²) >= 11 is 0. The van der Waals surface area contributed by atoms with Gasteiger partial charge in [0, 0.05) is 24.3 Å². The number of anilines is 1. The van der Waals surface area contributed by atoms with E-state index in [1.807, 2.05) is 37.3 Å². The van der Waals surface area contributed by atoms with E-state index in [0.717, 1.165) is 5.56 Å². The summed E-state index contributed by atoms with van der Waals surface area (Å²) in [4.78, 5) is 14.2. The molecule has 2 aromatic carbocycles. The normalized spacial score (nSPS) is 9.90. The number of nitriles is 1. The van der Waals surface area contributed by atoms with Crippen LogP contribution in [0.3, 0.4) is 0 Å². The van der Waals surface area contributed by atoms with Gasteiger partial charge in [0.25, 0.3) is 5.91 Å². The van der Waals surface area contributed by atoms with Crippen LogP contribution in [0.15, 0.2) is 48.5 Å². The van der Waals surface area contributed by atoms with Gasteiger partial charge in [-0.25, -0.2) is 0 Å². The first-order chi connectivity index (χ1) is 10.1. The standard InChI is InChI=1S/C17H17N3O/c1-2-20(12-14-5-9-16(19)10-6-14)17(21)15-7-3-13(11-18)4-8-15/h3-10H,2,12,19H2,1H3. The summed E-state index contributed by atoms with van der Waals surface area (Å²) in [5.41, 5.74) is 8.54. The third-order valence-electron chi connectivity index (χ3n) is 3.28. The van der Waals surface area contributed by atoms with Crippen molar-refractivity contribution in [3.8, 4) is 6.07 Å². The summed E-state index contributed by atoms with van der Waals surface area (Å²) in [6, 6.07) is 16.2. The molecule has 0 aromatic heterocycles. The Hall–Kier alpha value is -2.80. The fourth-order valence-electron chi connectivity index (χ4n) is 2.04. The van der Waals surface area contributed by atoms with Crippen LogP contribution in [-0.2, 0) is 6.54 Å². The van der Waals surface area contributed by atoms with E-state index in [4.69, 9.17) is 11.0 Å². The van der Waals surface area contributed by atoms with Gasteiger partial charge in [-0.1, -0.05) is 12.1 Å². The molecule has 2 N–H and O–H groups in total. The Balaban J connectivity index is 2.14. The molecule has 0 atom stereocenters. The molecule has 0 bridgehead atoms. The minimum absolute atomic E-state index is 0.0428. The molecule has 0 spiro atoms. The Morgan fingerprint density at radius 2 is 1.76 bits per heavy atom. The van der Waals surface area contributed by atoms with Crippen LogP contribution < -0.4 is 5.73 Å². The van der Waals surface area contributed by atoms with E-state index in [0.29, 0.717) is 29.9 Å². The van der Waals surface area contributed by atoms with E-state index in [1.54, 1.807) is 29.2 Å². The van der Waals surface area contributed by atoms with Gasteiger partial charge in [-0.05, 0) is 48.9 Å². The molecule has 2 rings (SSSR count). The molecule has 1 amide bonds. The first kappa shape index (κ1) is 14.6. The zero-order valence-corrected chi connectivity index (χ0v) is 11.9. The lowest BCUT2D eigenvalue weighted by Gasteiger charge is -2.21. The Morgan fingerprint density at radius 3 is 2.29 bits per heavy atom. The Kier molecular flexibility index (Phi) is 4.57. The van der Waals surface area contributed by atoms with E-state index in [2.05, 4.69) is 0 Å². The molecule has 4 nitrogen and oxygen atoms in total. The SMILES string of the molecule is CCN(Cc1ccc(N)cc1)C(=O)c1ccc(C#N)cc1. The van der Waals surface area contributed by atoms with Gasteiger partial charge in [-0.2, -0.15) is 5.26 Å². The zero-order chi connectivity index (χ0) is 15.2. The highest BCUT2D eigenvalue weighted by Gasteiger charge is 2.14. The van der Waals surface area contributed by atoms with Gasteiger partial charge in [0.15, 0.2) is 0 Å². The highest BCUT2D eigenvalue weighted by Crippen LogP contribution is 2.12. The van der Waals surface area contributed by atoms with Crippen molar-refractivity contribution in [2.24, 2.45) is 0 Å². The van der Waals surface area contributed by atoms with Crippen LogP contribution in [0.2, 0.25) is 0 Å². The van der Waals surface area contributed by atoms with Crippen molar-refractivity contribution in [3.05, 3.63) is 65.2 Å². The summed E-state index contributed by atoms with van der Waals surface area (Å²) in [7, 11) is 0. The van der Waals surface area contributed by atoms with Gasteiger partial charge in [0.2, 0.25) is 0 Å². The molecule has 0 saturated carbocycles. The maximum atomic E-state index is 12.5. The van der Waals surface area contributed by atoms with E-state index in [1.165, 1.54) is 0 Å². The lowest BCUT2D eigenvalue weighted by atomic mass is 10.1. The molecule has 2 aromatic rings. The number of nitrogens with two attached hydrogens (primary N) is 1. The van der Waals surface area contributed by atoms with Crippen molar-refractivity contribution < 1.29 is 4.79 Å². The van der Waals surface area contributed by atoms with Crippen molar-refractivity contribution in [3.63, 3.8) is 0 Å². The third-order valence-corrected chi connectivity index (χ3v) is 3.28. The molecular weight excluding hydrogens is 262 g/mol. The summed E-state index contributed by atoms with van der Waals surface area (Å²) in [5.74, 6) is -0.0428. The van der Waals surface area contributed by atoms with Crippen molar-refractivity contribution >= 4 is 11.6 Å². The molecule has 21 heavy (non-hydrogen) atoms. The molecule has 0 radical (unpaired) electrons. The van der Waals surface area contributed by atoms with Crippen molar-refractivity contribution in [2.45, 2.75) is 13.5 Å². The Morgan fingerprint density at radius 1 is 1.14 bits per heavy atom. The minimum Gasteiger partial charge on any atom is -0.399 e. The first-order valence-corrected chi connectivity index (χ1v) is 6.78. The highest BCUT2D eigenvalue weighted by molar-refractivity contribution is 5.94. The maximum Gasteiger partial charge on any atom is 0.254 e. The molecule has 0 aliphatic heterocycles. The zero-order valence-electron chi connectivity index (χ0n) is 11.9. The fraction of sp³-hybridized carbons (Fsp3) is 0.176. The molecule has 0 fully saturated rings. The lowest BCUT2D eigenvalue weighted by Crippen LogP contribution is -2.30. The minimum atomic E-state index is -0.0428. The van der Waals surface area contributed by atoms with Crippen LogP contribution >= 0.6 is 0 Å². The Bertz CT molecular complexity index is 654. The number of amides is 1. The monoisotopic (exact) mass is 279 g/mol. The summed E-state index contributed by atoms with van der Waals surface area (Å²) in [6.07, 6.45) is 0. The van der Waals surface area contributed by atoms with Crippen molar-refractivity contribution in [1.82, 2.24) is 4.90 Å². The molecule has 0 unspecified atom stereocenters. The molecule has 0 heterocycles. The molecule has 0 aliphatic rings. The first-order valence-electron chi connectivity index (χ1n) is 6.78. The van der Waals surface area contributed by atoms with Crippen molar-refractivity contribution in [2.75, 3.05) is 12.3 Å². The van der Waals surface area contributed by atoms with E-state index < -0.39 is 0 Å². The van der Waals surface area contributed by atoms with Crippen LogP contribution in [0, 0.1) is 11.3 Å².